The van der Waals surface area contributed by atoms with Gasteiger partial charge in [-0.15, -0.1) is 0 Å². The number of hydrogen-bond donors (Lipinski definition) is 1. The Kier molecular flexibility index (Phi) is 4.05. The molecule has 0 atom stereocenters. The molecule has 1 N–H and O–H groups in total. The van der Waals surface area contributed by atoms with Crippen LogP contribution in [0.15, 0.2) is 59.7 Å². The van der Waals surface area contributed by atoms with Gasteiger partial charge >= 0.3 is 6.09 Å². The normalized spacial score (nSPS) is 10.5. The van der Waals surface area contributed by atoms with E-state index in [1.807, 2.05) is 24.3 Å². The van der Waals surface area contributed by atoms with E-state index >= 15 is 0 Å². The van der Waals surface area contributed by atoms with Crippen molar-refractivity contribution in [2.75, 3.05) is 12.4 Å². The molecule has 0 aliphatic heterocycles. The average molecular weight is 309 g/mol. The molecule has 0 bridgehead atoms. The molecule has 0 unspecified atom stereocenters. The summed E-state index contributed by atoms with van der Waals surface area (Å²) in [5.41, 5.74) is 1.14. The largest absolute Gasteiger partial charge is 0.453 e. The van der Waals surface area contributed by atoms with E-state index < -0.39 is 6.09 Å². The maximum Gasteiger partial charge on any atom is 0.411 e. The molecule has 3 rings (SSSR count). The molecule has 2 heterocycles. The van der Waals surface area contributed by atoms with Crippen LogP contribution in [-0.4, -0.2) is 22.8 Å². The van der Waals surface area contributed by atoms with Gasteiger partial charge in [0.2, 0.25) is 0 Å². The van der Waals surface area contributed by atoms with Gasteiger partial charge in [0, 0.05) is 23.2 Å². The third-order valence-electron chi connectivity index (χ3n) is 3.47. The van der Waals surface area contributed by atoms with Crippen LogP contribution in [0.1, 0.15) is 5.69 Å². The van der Waals surface area contributed by atoms with E-state index in [1.54, 1.807) is 30.6 Å². The summed E-state index contributed by atoms with van der Waals surface area (Å²) < 4.78 is 6.17. The lowest BCUT2D eigenvalue weighted by molar-refractivity contribution is 0.187. The number of hydrogen-bond acceptors (Lipinski definition) is 4. The van der Waals surface area contributed by atoms with Crippen LogP contribution in [0.2, 0.25) is 0 Å². The van der Waals surface area contributed by atoms with Crippen LogP contribution in [0, 0.1) is 0 Å². The van der Waals surface area contributed by atoms with Crippen LogP contribution >= 0.6 is 0 Å². The lowest BCUT2D eigenvalue weighted by atomic mass is 10.1. The SMILES string of the molecule is COC(=O)Nc1cn(Cc2ccccn2)c(=O)c2ccccc12. The van der Waals surface area contributed by atoms with Gasteiger partial charge in [-0.05, 0) is 18.2 Å². The summed E-state index contributed by atoms with van der Waals surface area (Å²) in [6.45, 7) is 0.320. The van der Waals surface area contributed by atoms with Gasteiger partial charge in [-0.1, -0.05) is 24.3 Å². The predicted molar refractivity (Wildman–Crippen MR) is 87.6 cm³/mol. The van der Waals surface area contributed by atoms with Crippen molar-refractivity contribution in [3.8, 4) is 0 Å². The number of methoxy groups -OCH3 is 1. The van der Waals surface area contributed by atoms with Crippen molar-refractivity contribution in [2.45, 2.75) is 6.54 Å². The minimum Gasteiger partial charge on any atom is -0.453 e. The average Bonchev–Trinajstić information content (AvgIpc) is 2.60. The Balaban J connectivity index is 2.12. The Morgan fingerprint density at radius 1 is 1.17 bits per heavy atom. The number of nitrogens with zero attached hydrogens (tertiary/aromatic N) is 2. The molecule has 1 amide bonds. The smallest absolute Gasteiger partial charge is 0.411 e. The topological polar surface area (TPSA) is 73.2 Å². The van der Waals surface area contributed by atoms with E-state index in [1.165, 1.54) is 11.7 Å². The molecule has 0 radical (unpaired) electrons. The van der Waals surface area contributed by atoms with Crippen molar-refractivity contribution in [3.05, 3.63) is 70.9 Å². The van der Waals surface area contributed by atoms with Gasteiger partial charge in [0.05, 0.1) is 25.0 Å². The second-order valence-corrected chi connectivity index (χ2v) is 4.96. The Morgan fingerprint density at radius 2 is 1.91 bits per heavy atom. The zero-order valence-corrected chi connectivity index (χ0v) is 12.5. The van der Waals surface area contributed by atoms with E-state index in [-0.39, 0.29) is 5.56 Å². The highest BCUT2D eigenvalue weighted by atomic mass is 16.5. The van der Waals surface area contributed by atoms with Gasteiger partial charge in [-0.3, -0.25) is 15.1 Å². The highest BCUT2D eigenvalue weighted by molar-refractivity contribution is 5.99. The summed E-state index contributed by atoms with van der Waals surface area (Å²) in [4.78, 5) is 28.4. The van der Waals surface area contributed by atoms with Crippen molar-refractivity contribution >= 4 is 22.6 Å². The van der Waals surface area contributed by atoms with Crippen LogP contribution < -0.4 is 10.9 Å². The number of aromatic nitrogens is 2. The number of rotatable bonds is 3. The van der Waals surface area contributed by atoms with Crippen molar-refractivity contribution in [3.63, 3.8) is 0 Å². The first-order chi connectivity index (χ1) is 11.2. The quantitative estimate of drug-likeness (QED) is 0.807. The minimum absolute atomic E-state index is 0.137. The van der Waals surface area contributed by atoms with Crippen molar-refractivity contribution < 1.29 is 9.53 Å². The molecule has 0 fully saturated rings. The highest BCUT2D eigenvalue weighted by Gasteiger charge is 2.11. The summed E-state index contributed by atoms with van der Waals surface area (Å²) in [7, 11) is 1.29. The van der Waals surface area contributed by atoms with Crippen LogP contribution in [0.4, 0.5) is 10.5 Å². The van der Waals surface area contributed by atoms with Crippen LogP contribution in [0.3, 0.4) is 0 Å². The number of amides is 1. The zero-order chi connectivity index (χ0) is 16.2. The molecule has 0 aliphatic carbocycles. The summed E-state index contributed by atoms with van der Waals surface area (Å²) in [6.07, 6.45) is 2.70. The minimum atomic E-state index is -0.585. The Morgan fingerprint density at radius 3 is 2.61 bits per heavy atom. The molecule has 0 spiro atoms. The summed E-state index contributed by atoms with van der Waals surface area (Å²) >= 11 is 0. The first-order valence-corrected chi connectivity index (χ1v) is 7.06. The van der Waals surface area contributed by atoms with Crippen LogP contribution in [0.5, 0.6) is 0 Å². The molecular weight excluding hydrogens is 294 g/mol. The summed E-state index contributed by atoms with van der Waals surface area (Å²) in [5, 5.41) is 3.84. The van der Waals surface area contributed by atoms with E-state index in [0.717, 1.165) is 5.69 Å². The van der Waals surface area contributed by atoms with E-state index in [2.05, 4.69) is 15.0 Å². The molecule has 0 aliphatic rings. The molecule has 2 aromatic heterocycles. The van der Waals surface area contributed by atoms with Crippen molar-refractivity contribution in [2.24, 2.45) is 0 Å². The molecule has 23 heavy (non-hydrogen) atoms. The Hall–Kier alpha value is -3.15. The third-order valence-corrected chi connectivity index (χ3v) is 3.47. The summed E-state index contributed by atoms with van der Waals surface area (Å²) in [5.74, 6) is 0. The second-order valence-electron chi connectivity index (χ2n) is 4.96. The zero-order valence-electron chi connectivity index (χ0n) is 12.5. The molecule has 0 saturated carbocycles. The van der Waals surface area contributed by atoms with Crippen LogP contribution in [-0.2, 0) is 11.3 Å². The van der Waals surface area contributed by atoms with Crippen molar-refractivity contribution in [1.82, 2.24) is 9.55 Å². The monoisotopic (exact) mass is 309 g/mol. The molecule has 6 nitrogen and oxygen atoms in total. The van der Waals surface area contributed by atoms with E-state index in [9.17, 15) is 9.59 Å². The molecular formula is C17H15N3O3. The highest BCUT2D eigenvalue weighted by Crippen LogP contribution is 2.20. The lowest BCUT2D eigenvalue weighted by Gasteiger charge is -2.12. The maximum atomic E-state index is 12.6. The molecule has 3 aromatic rings. The molecule has 0 saturated heterocycles. The first kappa shape index (κ1) is 14.8. The number of carbonyl (C=O) groups excluding carboxylic acids is 1. The molecule has 1 aromatic carbocycles. The first-order valence-electron chi connectivity index (χ1n) is 7.06. The van der Waals surface area contributed by atoms with Gasteiger partial charge in [0.25, 0.3) is 5.56 Å². The van der Waals surface area contributed by atoms with Gasteiger partial charge < -0.3 is 9.30 Å². The molecule has 116 valence electrons. The van der Waals surface area contributed by atoms with Gasteiger partial charge in [-0.25, -0.2) is 4.79 Å². The fraction of sp³-hybridized carbons (Fsp3) is 0.118. The Labute approximate surface area is 132 Å². The number of benzene rings is 1. The number of carbonyl (C=O) groups is 1. The summed E-state index contributed by atoms with van der Waals surface area (Å²) in [6, 6.07) is 12.6. The number of anilines is 1. The standard InChI is InChI=1S/C17H15N3O3/c1-23-17(22)19-15-11-20(10-12-6-4-5-9-18-12)16(21)14-8-3-2-7-13(14)15/h2-9,11H,10H2,1H3,(H,19,22). The fourth-order valence-corrected chi connectivity index (χ4v) is 2.39. The van der Waals surface area contributed by atoms with Gasteiger partial charge in [-0.2, -0.15) is 0 Å². The van der Waals surface area contributed by atoms with E-state index in [0.29, 0.717) is 23.0 Å². The van der Waals surface area contributed by atoms with Gasteiger partial charge in [0.1, 0.15) is 0 Å². The number of pyridine rings is 2. The van der Waals surface area contributed by atoms with E-state index in [4.69, 9.17) is 0 Å². The molecule has 6 heteroatoms. The van der Waals surface area contributed by atoms with Crippen molar-refractivity contribution in [1.29, 1.82) is 0 Å². The number of fused-ring (bicyclic) bond motifs is 1. The second kappa shape index (κ2) is 6.31. The third kappa shape index (κ3) is 3.06. The maximum absolute atomic E-state index is 12.6. The Bertz CT molecular complexity index is 904. The number of nitrogens with one attached hydrogen (secondary N) is 1. The predicted octanol–water partition coefficient (Wildman–Crippen LogP) is 2.62. The number of ether oxygens (including phenoxy) is 1. The van der Waals surface area contributed by atoms with Gasteiger partial charge in [0.15, 0.2) is 0 Å². The fourth-order valence-electron chi connectivity index (χ4n) is 2.39. The van der Waals surface area contributed by atoms with Crippen LogP contribution in [0.25, 0.3) is 10.8 Å². The lowest BCUT2D eigenvalue weighted by Crippen LogP contribution is -2.23.